The molecule has 0 unspecified atom stereocenters. The van der Waals surface area contributed by atoms with Crippen LogP contribution >= 0.6 is 0 Å². The number of rotatable bonds is 8. The molecule has 0 saturated carbocycles. The van der Waals surface area contributed by atoms with Gasteiger partial charge in [-0.2, -0.15) is 18.7 Å². The fraction of sp³-hybridized carbons (Fsp3) is 0.286. The zero-order valence-electron chi connectivity index (χ0n) is 20.9. The number of hydroxylamine groups is 1. The van der Waals surface area contributed by atoms with Crippen molar-refractivity contribution in [3.05, 3.63) is 106 Å². The van der Waals surface area contributed by atoms with E-state index in [1.165, 1.54) is 13.2 Å². The van der Waals surface area contributed by atoms with E-state index in [4.69, 9.17) is 4.74 Å². The van der Waals surface area contributed by atoms with Gasteiger partial charge in [-0.15, -0.1) is 0 Å². The number of benzene rings is 3. The van der Waals surface area contributed by atoms with Crippen molar-refractivity contribution < 1.29 is 31.9 Å². The fourth-order valence-corrected chi connectivity index (χ4v) is 4.74. The summed E-state index contributed by atoms with van der Waals surface area (Å²) in [4.78, 5) is 3.45. The van der Waals surface area contributed by atoms with E-state index in [0.717, 1.165) is 23.8 Å². The smallest absolute Gasteiger partial charge is 0.416 e. The number of alkyl halides is 3. The molecule has 1 heterocycles. The van der Waals surface area contributed by atoms with Crippen LogP contribution in [0.15, 0.2) is 72.4 Å². The van der Waals surface area contributed by atoms with Crippen molar-refractivity contribution in [2.24, 2.45) is 0 Å². The molecular formula is C28H28F5N3O2. The number of ether oxygens (including phenoxy) is 1. The third kappa shape index (κ3) is 5.82. The van der Waals surface area contributed by atoms with Crippen LogP contribution in [0.3, 0.4) is 0 Å². The second-order valence-electron chi connectivity index (χ2n) is 9.09. The molecule has 1 aliphatic heterocycles. The molecule has 0 aromatic heterocycles. The minimum absolute atomic E-state index is 0.0270. The summed E-state index contributed by atoms with van der Waals surface area (Å²) < 4.78 is 76.4. The molecule has 3 aromatic rings. The lowest BCUT2D eigenvalue weighted by Crippen LogP contribution is -2.46. The molecule has 0 aliphatic carbocycles. The fourth-order valence-electron chi connectivity index (χ4n) is 4.74. The number of methoxy groups -OCH3 is 1. The van der Waals surface area contributed by atoms with Crippen molar-refractivity contribution >= 4 is 5.57 Å². The summed E-state index contributed by atoms with van der Waals surface area (Å²) in [6, 6.07) is 16.1. The number of halogens is 5. The van der Waals surface area contributed by atoms with E-state index < -0.39 is 35.0 Å². The molecule has 0 radical (unpaired) electrons. The van der Waals surface area contributed by atoms with Crippen molar-refractivity contribution in [2.75, 3.05) is 26.9 Å². The van der Waals surface area contributed by atoms with E-state index in [1.807, 2.05) is 35.2 Å². The van der Waals surface area contributed by atoms with Crippen LogP contribution in [0.4, 0.5) is 22.0 Å². The minimum Gasteiger partial charge on any atom is -0.494 e. The molecule has 0 amide bonds. The quantitative estimate of drug-likeness (QED) is 0.266. The Morgan fingerprint density at radius 2 is 1.71 bits per heavy atom. The van der Waals surface area contributed by atoms with Crippen LogP contribution in [0.1, 0.15) is 35.2 Å². The van der Waals surface area contributed by atoms with E-state index in [1.54, 1.807) is 24.0 Å². The van der Waals surface area contributed by atoms with Crippen molar-refractivity contribution in [1.82, 2.24) is 15.3 Å². The van der Waals surface area contributed by atoms with Gasteiger partial charge in [0.05, 0.1) is 25.4 Å². The van der Waals surface area contributed by atoms with Crippen LogP contribution in [0.2, 0.25) is 0 Å². The molecule has 202 valence electrons. The topological polar surface area (TPSA) is 48.0 Å². The number of nitrogens with zero attached hydrogens (tertiary/aromatic N) is 2. The molecule has 38 heavy (non-hydrogen) atoms. The first-order chi connectivity index (χ1) is 18.1. The van der Waals surface area contributed by atoms with Crippen LogP contribution in [0, 0.1) is 11.6 Å². The normalized spacial score (nSPS) is 15.6. The summed E-state index contributed by atoms with van der Waals surface area (Å²) in [5.74, 6) is -1.55. The van der Waals surface area contributed by atoms with E-state index in [2.05, 4.69) is 5.48 Å². The highest BCUT2D eigenvalue weighted by Crippen LogP contribution is 2.37. The molecule has 0 saturated heterocycles. The van der Waals surface area contributed by atoms with Crippen molar-refractivity contribution in [2.45, 2.75) is 25.7 Å². The van der Waals surface area contributed by atoms with Gasteiger partial charge in [-0.25, -0.2) is 8.78 Å². The Morgan fingerprint density at radius 3 is 2.37 bits per heavy atom. The van der Waals surface area contributed by atoms with Crippen LogP contribution < -0.4 is 10.2 Å². The van der Waals surface area contributed by atoms with Crippen LogP contribution in [0.5, 0.6) is 5.75 Å². The molecule has 0 spiro atoms. The van der Waals surface area contributed by atoms with E-state index in [0.29, 0.717) is 11.3 Å². The van der Waals surface area contributed by atoms with E-state index in [9.17, 15) is 22.8 Å². The van der Waals surface area contributed by atoms with Crippen molar-refractivity contribution in [1.29, 1.82) is 0 Å². The maximum Gasteiger partial charge on any atom is 0.416 e. The lowest BCUT2D eigenvalue weighted by molar-refractivity contribution is -0.138. The molecule has 10 heteroatoms. The molecule has 1 aliphatic rings. The Labute approximate surface area is 217 Å². The number of allylic oxidation sites excluding steroid dienone is 1. The highest BCUT2D eigenvalue weighted by Gasteiger charge is 2.36. The van der Waals surface area contributed by atoms with E-state index >= 15 is 4.39 Å². The van der Waals surface area contributed by atoms with Crippen molar-refractivity contribution in [3.63, 3.8) is 0 Å². The number of hydrogen-bond acceptors (Lipinski definition) is 5. The Hall–Kier alpha value is -3.47. The van der Waals surface area contributed by atoms with Crippen LogP contribution in [-0.2, 0) is 12.7 Å². The third-order valence-corrected chi connectivity index (χ3v) is 6.74. The number of hydrogen-bond donors (Lipinski definition) is 2. The summed E-state index contributed by atoms with van der Waals surface area (Å²) >= 11 is 0. The first kappa shape index (κ1) is 27.6. The SMILES string of the molecule is COc1cccc(C2=C(C)N(Cc3c(F)cccc3C(F)(F)F)CN(C[C@H](NO)c3ccccc3)C2)c1F. The molecular weight excluding hydrogens is 505 g/mol. The van der Waals surface area contributed by atoms with Crippen LogP contribution in [-0.4, -0.2) is 41.9 Å². The van der Waals surface area contributed by atoms with Gasteiger partial charge >= 0.3 is 6.18 Å². The zero-order chi connectivity index (χ0) is 27.4. The maximum atomic E-state index is 15.3. The van der Waals surface area contributed by atoms with Gasteiger partial charge in [-0.05, 0) is 36.3 Å². The second kappa shape index (κ2) is 11.5. The highest BCUT2D eigenvalue weighted by atomic mass is 19.4. The largest absolute Gasteiger partial charge is 0.494 e. The number of nitrogens with one attached hydrogen (secondary N) is 1. The summed E-state index contributed by atoms with van der Waals surface area (Å²) in [7, 11) is 1.34. The average Bonchev–Trinajstić information content (AvgIpc) is 2.90. The Balaban J connectivity index is 1.76. The van der Waals surface area contributed by atoms with Gasteiger partial charge in [-0.3, -0.25) is 4.90 Å². The molecule has 0 fully saturated rings. The third-order valence-electron chi connectivity index (χ3n) is 6.74. The van der Waals surface area contributed by atoms with Crippen molar-refractivity contribution in [3.8, 4) is 5.75 Å². The standard InChI is InChI=1S/C28H28F5N3O2/c1-18-21(20-10-6-13-26(38-2)27(20)30)14-35(16-25(34-37)19-8-4-3-5-9-19)17-36(18)15-22-23(28(31,32)33)11-7-12-24(22)29/h3-13,25,34,37H,14-17H2,1-2H3/t25-/m0/s1. The van der Waals surface area contributed by atoms with Gasteiger partial charge < -0.3 is 14.8 Å². The molecule has 5 nitrogen and oxygen atoms in total. The van der Waals surface area contributed by atoms with Gasteiger partial charge in [0.25, 0.3) is 0 Å². The first-order valence-electron chi connectivity index (χ1n) is 11.9. The summed E-state index contributed by atoms with van der Waals surface area (Å²) in [6.45, 7) is 1.89. The van der Waals surface area contributed by atoms with Gasteiger partial charge in [0.15, 0.2) is 11.6 Å². The molecule has 3 aromatic carbocycles. The predicted octanol–water partition coefficient (Wildman–Crippen LogP) is 6.22. The lowest BCUT2D eigenvalue weighted by Gasteiger charge is -2.41. The Kier molecular flexibility index (Phi) is 8.35. The minimum atomic E-state index is -4.74. The monoisotopic (exact) mass is 533 g/mol. The molecule has 2 N–H and O–H groups in total. The molecule has 4 rings (SSSR count). The average molecular weight is 534 g/mol. The van der Waals surface area contributed by atoms with E-state index in [-0.39, 0.29) is 37.6 Å². The molecule has 1 atom stereocenters. The lowest BCUT2D eigenvalue weighted by atomic mass is 9.98. The predicted molar refractivity (Wildman–Crippen MR) is 133 cm³/mol. The van der Waals surface area contributed by atoms with Gasteiger partial charge in [-0.1, -0.05) is 48.5 Å². The first-order valence-corrected chi connectivity index (χ1v) is 11.9. The molecule has 0 bridgehead atoms. The van der Waals surface area contributed by atoms with Gasteiger partial charge in [0.1, 0.15) is 5.82 Å². The second-order valence-corrected chi connectivity index (χ2v) is 9.09. The Bertz CT molecular complexity index is 1300. The maximum absolute atomic E-state index is 15.3. The summed E-state index contributed by atoms with van der Waals surface area (Å²) in [5.41, 5.74) is 2.78. The zero-order valence-corrected chi connectivity index (χ0v) is 20.9. The summed E-state index contributed by atoms with van der Waals surface area (Å²) in [6.07, 6.45) is -4.74. The summed E-state index contributed by atoms with van der Waals surface area (Å²) in [5, 5.41) is 9.87. The van der Waals surface area contributed by atoms with Gasteiger partial charge in [0, 0.05) is 36.5 Å². The van der Waals surface area contributed by atoms with Crippen LogP contribution in [0.25, 0.3) is 5.57 Å². The highest BCUT2D eigenvalue weighted by molar-refractivity contribution is 5.71. The Morgan fingerprint density at radius 1 is 1.00 bits per heavy atom. The van der Waals surface area contributed by atoms with Gasteiger partial charge in [0.2, 0.25) is 0 Å².